The smallest absolute Gasteiger partial charge is 0.0471 e. The largest absolute Gasteiger partial charge is 0.396 e. The van der Waals surface area contributed by atoms with E-state index < -0.39 is 0 Å². The lowest BCUT2D eigenvalue weighted by Crippen LogP contribution is -2.17. The van der Waals surface area contributed by atoms with Gasteiger partial charge in [0.15, 0.2) is 0 Å². The fourth-order valence-electron chi connectivity index (χ4n) is 1.17. The van der Waals surface area contributed by atoms with Gasteiger partial charge in [-0.05, 0) is 19.3 Å². The average molecular weight is 152 g/mol. The van der Waals surface area contributed by atoms with E-state index >= 15 is 0 Å². The highest BCUT2D eigenvalue weighted by atomic mass is 35.5. The summed E-state index contributed by atoms with van der Waals surface area (Å²) >= 11 is 0. The quantitative estimate of drug-likeness (QED) is 0.569. The standard InChI is InChI=1S/C6H13NO.ClH/c1-5-2-6(4-8)3-7-5;/h5-8H,2-4H2,1H3;1H/t5-,6-;/m1./s1. The maximum atomic E-state index is 8.64. The second-order valence-electron chi connectivity index (χ2n) is 2.59. The molecule has 0 aliphatic carbocycles. The molecule has 2 atom stereocenters. The van der Waals surface area contributed by atoms with Gasteiger partial charge >= 0.3 is 0 Å². The van der Waals surface area contributed by atoms with Crippen LogP contribution in [0.15, 0.2) is 0 Å². The molecule has 1 aliphatic rings. The van der Waals surface area contributed by atoms with E-state index in [1.165, 1.54) is 0 Å². The Balaban J connectivity index is 0.000000640. The van der Waals surface area contributed by atoms with Gasteiger partial charge in [0.2, 0.25) is 0 Å². The summed E-state index contributed by atoms with van der Waals surface area (Å²) in [4.78, 5) is 0. The summed E-state index contributed by atoms with van der Waals surface area (Å²) in [6, 6.07) is 0.618. The Hall–Kier alpha value is 0.210. The number of hydrogen-bond donors (Lipinski definition) is 2. The molecule has 1 saturated heterocycles. The second-order valence-corrected chi connectivity index (χ2v) is 2.59. The number of rotatable bonds is 1. The Bertz CT molecular complexity index is 79.5. The van der Waals surface area contributed by atoms with Crippen molar-refractivity contribution in [3.05, 3.63) is 0 Å². The van der Waals surface area contributed by atoms with E-state index in [1.54, 1.807) is 0 Å². The van der Waals surface area contributed by atoms with Crippen LogP contribution in [0, 0.1) is 5.92 Å². The number of aliphatic hydroxyl groups is 1. The van der Waals surface area contributed by atoms with Crippen molar-refractivity contribution < 1.29 is 5.11 Å². The van der Waals surface area contributed by atoms with Gasteiger partial charge in [-0.25, -0.2) is 0 Å². The van der Waals surface area contributed by atoms with Crippen LogP contribution in [-0.4, -0.2) is 24.3 Å². The van der Waals surface area contributed by atoms with Gasteiger partial charge in [0.05, 0.1) is 0 Å². The SMILES string of the molecule is C[C@@H]1C[C@@H](CO)CN1.Cl. The van der Waals surface area contributed by atoms with Crippen molar-refractivity contribution >= 4 is 12.4 Å². The van der Waals surface area contributed by atoms with E-state index in [2.05, 4.69) is 12.2 Å². The fraction of sp³-hybridized carbons (Fsp3) is 1.00. The van der Waals surface area contributed by atoms with E-state index in [0.717, 1.165) is 13.0 Å². The van der Waals surface area contributed by atoms with Crippen LogP contribution >= 0.6 is 12.4 Å². The molecule has 56 valence electrons. The topological polar surface area (TPSA) is 32.3 Å². The Labute approximate surface area is 62.1 Å². The third kappa shape index (κ3) is 2.52. The van der Waals surface area contributed by atoms with Crippen LogP contribution in [0.5, 0.6) is 0 Å². The molecule has 0 aromatic heterocycles. The minimum Gasteiger partial charge on any atom is -0.396 e. The van der Waals surface area contributed by atoms with Gasteiger partial charge in [0, 0.05) is 19.2 Å². The second kappa shape index (κ2) is 4.09. The molecule has 0 aromatic rings. The minimum absolute atomic E-state index is 0. The molecule has 0 aromatic carbocycles. The van der Waals surface area contributed by atoms with E-state index in [9.17, 15) is 0 Å². The normalized spacial score (nSPS) is 34.0. The average Bonchev–Trinajstić information content (AvgIpc) is 2.14. The van der Waals surface area contributed by atoms with Crippen LogP contribution in [0.1, 0.15) is 13.3 Å². The highest BCUT2D eigenvalue weighted by Crippen LogP contribution is 2.11. The maximum Gasteiger partial charge on any atom is 0.0471 e. The predicted molar refractivity (Wildman–Crippen MR) is 39.9 cm³/mol. The first-order valence-electron chi connectivity index (χ1n) is 3.17. The molecule has 9 heavy (non-hydrogen) atoms. The van der Waals surface area contributed by atoms with Crippen LogP contribution in [-0.2, 0) is 0 Å². The number of nitrogens with one attached hydrogen (secondary N) is 1. The minimum atomic E-state index is 0. The molecule has 1 rings (SSSR count). The monoisotopic (exact) mass is 151 g/mol. The summed E-state index contributed by atoms with van der Waals surface area (Å²) in [5.41, 5.74) is 0. The summed E-state index contributed by atoms with van der Waals surface area (Å²) in [6.07, 6.45) is 1.14. The summed E-state index contributed by atoms with van der Waals surface area (Å²) in [6.45, 7) is 3.49. The van der Waals surface area contributed by atoms with Crippen molar-refractivity contribution in [2.75, 3.05) is 13.2 Å². The van der Waals surface area contributed by atoms with Crippen LogP contribution < -0.4 is 5.32 Å². The third-order valence-corrected chi connectivity index (χ3v) is 1.70. The van der Waals surface area contributed by atoms with Crippen molar-refractivity contribution in [3.8, 4) is 0 Å². The lowest BCUT2D eigenvalue weighted by Gasteiger charge is -1.99. The third-order valence-electron chi connectivity index (χ3n) is 1.70. The maximum absolute atomic E-state index is 8.64. The van der Waals surface area contributed by atoms with Crippen molar-refractivity contribution in [3.63, 3.8) is 0 Å². The van der Waals surface area contributed by atoms with Gasteiger partial charge in [-0.2, -0.15) is 0 Å². The molecule has 0 bridgehead atoms. The van der Waals surface area contributed by atoms with E-state index in [4.69, 9.17) is 5.11 Å². The van der Waals surface area contributed by atoms with Crippen LogP contribution in [0.25, 0.3) is 0 Å². The molecule has 0 radical (unpaired) electrons. The Morgan fingerprint density at radius 1 is 1.67 bits per heavy atom. The van der Waals surface area contributed by atoms with E-state index in [0.29, 0.717) is 18.6 Å². The first kappa shape index (κ1) is 9.21. The van der Waals surface area contributed by atoms with Gasteiger partial charge in [-0.1, -0.05) is 0 Å². The molecule has 2 N–H and O–H groups in total. The Morgan fingerprint density at radius 2 is 2.33 bits per heavy atom. The van der Waals surface area contributed by atoms with Crippen molar-refractivity contribution in [1.82, 2.24) is 5.32 Å². The molecule has 2 nitrogen and oxygen atoms in total. The molecule has 1 aliphatic heterocycles. The Morgan fingerprint density at radius 3 is 2.56 bits per heavy atom. The lowest BCUT2D eigenvalue weighted by molar-refractivity contribution is 0.236. The molecule has 3 heteroatoms. The zero-order valence-electron chi connectivity index (χ0n) is 5.63. The fourth-order valence-corrected chi connectivity index (χ4v) is 1.17. The Kier molecular flexibility index (Phi) is 4.19. The molecular formula is C6H14ClNO. The van der Waals surface area contributed by atoms with Gasteiger partial charge in [-0.15, -0.1) is 12.4 Å². The number of aliphatic hydroxyl groups excluding tert-OH is 1. The molecule has 1 heterocycles. The number of hydrogen-bond acceptors (Lipinski definition) is 2. The van der Waals surface area contributed by atoms with Crippen molar-refractivity contribution in [1.29, 1.82) is 0 Å². The summed E-state index contributed by atoms with van der Waals surface area (Å²) in [7, 11) is 0. The van der Waals surface area contributed by atoms with Gasteiger partial charge < -0.3 is 10.4 Å². The summed E-state index contributed by atoms with van der Waals surface area (Å²) in [5, 5.41) is 11.9. The molecule has 1 fully saturated rings. The molecule has 0 amide bonds. The molecule has 0 saturated carbocycles. The lowest BCUT2D eigenvalue weighted by atomic mass is 10.1. The van der Waals surface area contributed by atoms with Crippen LogP contribution in [0.2, 0.25) is 0 Å². The van der Waals surface area contributed by atoms with Gasteiger partial charge in [0.1, 0.15) is 0 Å². The summed E-state index contributed by atoms with van der Waals surface area (Å²) < 4.78 is 0. The van der Waals surface area contributed by atoms with Crippen LogP contribution in [0.4, 0.5) is 0 Å². The highest BCUT2D eigenvalue weighted by Gasteiger charge is 2.18. The van der Waals surface area contributed by atoms with Gasteiger partial charge in [-0.3, -0.25) is 0 Å². The molecular weight excluding hydrogens is 138 g/mol. The molecule has 0 spiro atoms. The zero-order valence-corrected chi connectivity index (χ0v) is 6.45. The van der Waals surface area contributed by atoms with Gasteiger partial charge in [0.25, 0.3) is 0 Å². The zero-order chi connectivity index (χ0) is 5.98. The first-order chi connectivity index (χ1) is 3.83. The molecule has 0 unspecified atom stereocenters. The number of halogens is 1. The van der Waals surface area contributed by atoms with E-state index in [-0.39, 0.29) is 12.4 Å². The highest BCUT2D eigenvalue weighted by molar-refractivity contribution is 5.85. The van der Waals surface area contributed by atoms with Crippen molar-refractivity contribution in [2.45, 2.75) is 19.4 Å². The van der Waals surface area contributed by atoms with Crippen molar-refractivity contribution in [2.24, 2.45) is 5.92 Å². The van der Waals surface area contributed by atoms with E-state index in [1.807, 2.05) is 0 Å². The first-order valence-corrected chi connectivity index (χ1v) is 3.17. The summed E-state index contributed by atoms with van der Waals surface area (Å²) in [5.74, 6) is 0.519. The van der Waals surface area contributed by atoms with Crippen LogP contribution in [0.3, 0.4) is 0 Å². The predicted octanol–water partition coefficient (Wildman–Crippen LogP) is 0.399.